The summed E-state index contributed by atoms with van der Waals surface area (Å²) in [4.78, 5) is 12.5. The highest BCUT2D eigenvalue weighted by Gasteiger charge is 2.42. The number of fused-ring (bicyclic) bond motifs is 1. The molecular formula is C22H23N3O3. The fourth-order valence-corrected chi connectivity index (χ4v) is 3.72. The molecule has 1 aliphatic heterocycles. The Labute approximate surface area is 164 Å². The minimum absolute atomic E-state index is 0.218. The number of carbonyl (C=O) groups excluding carboxylic acids is 1. The molecule has 2 N–H and O–H groups in total. The number of hydrogen-bond donors (Lipinski definition) is 2. The Morgan fingerprint density at radius 1 is 1.11 bits per heavy atom. The summed E-state index contributed by atoms with van der Waals surface area (Å²) in [6.07, 6.45) is 5.25. The van der Waals surface area contributed by atoms with E-state index in [1.807, 2.05) is 18.2 Å². The van der Waals surface area contributed by atoms with Crippen molar-refractivity contribution in [3.8, 4) is 17.6 Å². The number of nitrogens with zero attached hydrogens (tertiary/aromatic N) is 1. The molecule has 1 atom stereocenters. The third-order valence-corrected chi connectivity index (χ3v) is 5.23. The molecule has 0 aromatic heterocycles. The van der Waals surface area contributed by atoms with E-state index in [0.717, 1.165) is 37.1 Å². The minimum atomic E-state index is -0.511. The minimum Gasteiger partial charge on any atom is -0.448 e. The van der Waals surface area contributed by atoms with Crippen LogP contribution in [0.2, 0.25) is 0 Å². The number of para-hydroxylation sites is 1. The molecule has 0 bridgehead atoms. The lowest BCUT2D eigenvalue weighted by molar-refractivity contribution is -0.116. The second-order valence-electron chi connectivity index (χ2n) is 7.35. The number of anilines is 2. The molecule has 28 heavy (non-hydrogen) atoms. The smallest absolute Gasteiger partial charge is 0.251 e. The SMILES string of the molecule is C[C@H](Nc1ccc2c(c1)OC1(CCCCC1)O2)C(=O)Nc1ccccc1C#N. The topological polar surface area (TPSA) is 83.4 Å². The molecule has 2 aromatic rings. The van der Waals surface area contributed by atoms with Crippen LogP contribution in [0.25, 0.3) is 0 Å². The highest BCUT2D eigenvalue weighted by atomic mass is 16.7. The lowest BCUT2D eigenvalue weighted by atomic mass is 9.94. The molecule has 6 nitrogen and oxygen atoms in total. The first-order chi connectivity index (χ1) is 13.6. The number of hydrogen-bond acceptors (Lipinski definition) is 5. The zero-order chi connectivity index (χ0) is 19.6. The summed E-state index contributed by atoms with van der Waals surface area (Å²) < 4.78 is 12.2. The van der Waals surface area contributed by atoms with Crippen LogP contribution < -0.4 is 20.1 Å². The van der Waals surface area contributed by atoms with E-state index >= 15 is 0 Å². The van der Waals surface area contributed by atoms with Crippen LogP contribution in [0.5, 0.6) is 11.5 Å². The van der Waals surface area contributed by atoms with Crippen molar-refractivity contribution in [2.24, 2.45) is 0 Å². The summed E-state index contributed by atoms with van der Waals surface area (Å²) in [5.41, 5.74) is 1.73. The molecule has 2 aliphatic rings. The van der Waals surface area contributed by atoms with Gasteiger partial charge in [0.05, 0.1) is 11.3 Å². The van der Waals surface area contributed by atoms with E-state index in [9.17, 15) is 4.79 Å². The van der Waals surface area contributed by atoms with Gasteiger partial charge >= 0.3 is 0 Å². The predicted octanol–water partition coefficient (Wildman–Crippen LogP) is 4.43. The molecule has 1 aliphatic carbocycles. The van der Waals surface area contributed by atoms with Crippen molar-refractivity contribution in [1.82, 2.24) is 0 Å². The van der Waals surface area contributed by atoms with Crippen LogP contribution in [0.15, 0.2) is 42.5 Å². The van der Waals surface area contributed by atoms with Gasteiger partial charge in [0.25, 0.3) is 5.79 Å². The van der Waals surface area contributed by atoms with E-state index in [2.05, 4.69) is 16.7 Å². The van der Waals surface area contributed by atoms with Crippen LogP contribution in [0.3, 0.4) is 0 Å². The summed E-state index contributed by atoms with van der Waals surface area (Å²) in [5.74, 6) is 0.745. The maximum atomic E-state index is 12.5. The first-order valence-corrected chi connectivity index (χ1v) is 9.67. The van der Waals surface area contributed by atoms with Gasteiger partial charge in [-0.05, 0) is 44.0 Å². The Morgan fingerprint density at radius 3 is 2.64 bits per heavy atom. The maximum Gasteiger partial charge on any atom is 0.251 e. The van der Waals surface area contributed by atoms with Crippen LogP contribution in [0, 0.1) is 11.3 Å². The van der Waals surface area contributed by atoms with E-state index in [1.54, 1.807) is 31.2 Å². The molecule has 6 heteroatoms. The van der Waals surface area contributed by atoms with Gasteiger partial charge in [-0.3, -0.25) is 4.79 Å². The number of rotatable bonds is 4. The summed E-state index contributed by atoms with van der Waals surface area (Å²) in [7, 11) is 0. The first kappa shape index (κ1) is 18.2. The summed E-state index contributed by atoms with van der Waals surface area (Å²) >= 11 is 0. The number of benzene rings is 2. The molecule has 1 fully saturated rings. The molecule has 2 aromatic carbocycles. The van der Waals surface area contributed by atoms with E-state index in [0.29, 0.717) is 17.0 Å². The molecule has 4 rings (SSSR count). The van der Waals surface area contributed by atoms with Crippen molar-refractivity contribution < 1.29 is 14.3 Å². The van der Waals surface area contributed by atoms with Gasteiger partial charge in [-0.15, -0.1) is 0 Å². The number of nitrogens with one attached hydrogen (secondary N) is 2. The molecule has 144 valence electrons. The Balaban J connectivity index is 1.42. The van der Waals surface area contributed by atoms with Crippen LogP contribution in [0.4, 0.5) is 11.4 Å². The maximum absolute atomic E-state index is 12.5. The highest BCUT2D eigenvalue weighted by Crippen LogP contribution is 2.46. The molecule has 0 radical (unpaired) electrons. The Bertz CT molecular complexity index is 929. The van der Waals surface area contributed by atoms with Crippen molar-refractivity contribution in [2.45, 2.75) is 50.9 Å². The van der Waals surface area contributed by atoms with Gasteiger partial charge in [-0.1, -0.05) is 18.6 Å². The Hall–Kier alpha value is -3.20. The molecule has 0 saturated heterocycles. The molecule has 1 heterocycles. The quantitative estimate of drug-likeness (QED) is 0.824. The van der Waals surface area contributed by atoms with Gasteiger partial charge in [0.15, 0.2) is 11.5 Å². The van der Waals surface area contributed by atoms with E-state index in [1.165, 1.54) is 6.42 Å². The highest BCUT2D eigenvalue weighted by molar-refractivity contribution is 5.97. The van der Waals surface area contributed by atoms with Crippen molar-refractivity contribution in [3.63, 3.8) is 0 Å². The zero-order valence-corrected chi connectivity index (χ0v) is 15.8. The average Bonchev–Trinajstić information content (AvgIpc) is 3.05. The van der Waals surface area contributed by atoms with Crippen molar-refractivity contribution in [2.75, 3.05) is 10.6 Å². The molecule has 1 spiro atoms. The van der Waals surface area contributed by atoms with Gasteiger partial charge in [0.1, 0.15) is 12.1 Å². The molecular weight excluding hydrogens is 354 g/mol. The fourth-order valence-electron chi connectivity index (χ4n) is 3.72. The third-order valence-electron chi connectivity index (χ3n) is 5.23. The van der Waals surface area contributed by atoms with Crippen LogP contribution in [-0.2, 0) is 4.79 Å². The zero-order valence-electron chi connectivity index (χ0n) is 15.8. The lowest BCUT2D eigenvalue weighted by Crippen LogP contribution is -2.40. The van der Waals surface area contributed by atoms with Crippen molar-refractivity contribution in [3.05, 3.63) is 48.0 Å². The normalized spacial score (nSPS) is 17.6. The standard InChI is InChI=1S/C22H23N3O3/c1-15(21(26)25-18-8-4-3-7-16(18)14-23)24-17-9-10-19-20(13-17)28-22(27-19)11-5-2-6-12-22/h3-4,7-10,13,15,24H,2,5-6,11-12H2,1H3,(H,25,26)/t15-/m0/s1. The second kappa shape index (κ2) is 7.43. The van der Waals surface area contributed by atoms with Crippen LogP contribution in [-0.4, -0.2) is 17.7 Å². The fraction of sp³-hybridized carbons (Fsp3) is 0.364. The lowest BCUT2D eigenvalue weighted by Gasteiger charge is -2.31. The van der Waals surface area contributed by atoms with Gasteiger partial charge in [0.2, 0.25) is 5.91 Å². The molecule has 1 amide bonds. The first-order valence-electron chi connectivity index (χ1n) is 9.67. The second-order valence-corrected chi connectivity index (χ2v) is 7.35. The molecule has 0 unspecified atom stereocenters. The van der Waals surface area contributed by atoms with Crippen LogP contribution >= 0.6 is 0 Å². The number of carbonyl (C=O) groups is 1. The number of nitriles is 1. The summed E-state index contributed by atoms with van der Waals surface area (Å²) in [6, 6.07) is 14.2. The van der Waals surface area contributed by atoms with E-state index in [-0.39, 0.29) is 5.91 Å². The summed E-state index contributed by atoms with van der Waals surface area (Å²) in [6.45, 7) is 1.78. The van der Waals surface area contributed by atoms with Gasteiger partial charge in [-0.2, -0.15) is 5.26 Å². The van der Waals surface area contributed by atoms with Crippen LogP contribution in [0.1, 0.15) is 44.6 Å². The van der Waals surface area contributed by atoms with Crippen molar-refractivity contribution >= 4 is 17.3 Å². The molecule has 1 saturated carbocycles. The Morgan fingerprint density at radius 2 is 1.86 bits per heavy atom. The number of amides is 1. The van der Waals surface area contributed by atoms with Gasteiger partial charge in [0, 0.05) is 24.6 Å². The van der Waals surface area contributed by atoms with E-state index in [4.69, 9.17) is 14.7 Å². The largest absolute Gasteiger partial charge is 0.448 e. The monoisotopic (exact) mass is 377 g/mol. The Kier molecular flexibility index (Phi) is 4.82. The summed E-state index contributed by atoms with van der Waals surface area (Å²) in [5, 5.41) is 15.1. The van der Waals surface area contributed by atoms with Crippen molar-refractivity contribution in [1.29, 1.82) is 5.26 Å². The van der Waals surface area contributed by atoms with Gasteiger partial charge in [-0.25, -0.2) is 0 Å². The van der Waals surface area contributed by atoms with Gasteiger partial charge < -0.3 is 20.1 Å². The third kappa shape index (κ3) is 3.61. The van der Waals surface area contributed by atoms with E-state index < -0.39 is 11.8 Å². The predicted molar refractivity (Wildman–Crippen MR) is 106 cm³/mol. The number of ether oxygens (including phenoxy) is 2. The average molecular weight is 377 g/mol.